The number of aliphatic hydroxyl groups excluding tert-OH is 1. The zero-order chi connectivity index (χ0) is 15.2. The molecule has 0 aliphatic carbocycles. The standard InChI is InChI=1S/C12H18N2O5S/c1-3-14-20(17,18)11-8-9(4-5-10(11)19-2)12(16)13-6-7-15/h4-5,8,14-15H,3,6-7H2,1-2H3,(H,13,16). The fraction of sp³-hybridized carbons (Fsp3) is 0.417. The molecule has 1 aromatic carbocycles. The average molecular weight is 302 g/mol. The van der Waals surface area contributed by atoms with Crippen molar-refractivity contribution < 1.29 is 23.1 Å². The fourth-order valence-electron chi connectivity index (χ4n) is 1.57. The average Bonchev–Trinajstić information content (AvgIpc) is 2.44. The molecule has 0 radical (unpaired) electrons. The van der Waals surface area contributed by atoms with Crippen molar-refractivity contribution in [2.75, 3.05) is 26.8 Å². The van der Waals surface area contributed by atoms with Gasteiger partial charge < -0.3 is 15.2 Å². The number of carbonyl (C=O) groups is 1. The summed E-state index contributed by atoms with van der Waals surface area (Å²) in [5.41, 5.74) is 0.177. The number of methoxy groups -OCH3 is 1. The highest BCUT2D eigenvalue weighted by Crippen LogP contribution is 2.24. The van der Waals surface area contributed by atoms with E-state index in [4.69, 9.17) is 9.84 Å². The molecular formula is C12H18N2O5S. The van der Waals surface area contributed by atoms with Gasteiger partial charge in [-0.15, -0.1) is 0 Å². The van der Waals surface area contributed by atoms with E-state index in [0.29, 0.717) is 0 Å². The molecule has 20 heavy (non-hydrogen) atoms. The normalized spacial score (nSPS) is 11.2. The Morgan fingerprint density at radius 1 is 1.40 bits per heavy atom. The molecule has 0 fully saturated rings. The lowest BCUT2D eigenvalue weighted by molar-refractivity contribution is 0.0944. The summed E-state index contributed by atoms with van der Waals surface area (Å²) in [5, 5.41) is 11.1. The van der Waals surface area contributed by atoms with Gasteiger partial charge in [0, 0.05) is 18.7 Å². The summed E-state index contributed by atoms with van der Waals surface area (Å²) in [6.45, 7) is 1.79. The summed E-state index contributed by atoms with van der Waals surface area (Å²) in [7, 11) is -2.38. The minimum Gasteiger partial charge on any atom is -0.495 e. The number of benzene rings is 1. The Hall–Kier alpha value is -1.64. The Balaban J connectivity index is 3.18. The van der Waals surface area contributed by atoms with E-state index in [9.17, 15) is 13.2 Å². The van der Waals surface area contributed by atoms with Crippen LogP contribution in [0.25, 0.3) is 0 Å². The second-order valence-electron chi connectivity index (χ2n) is 3.85. The summed E-state index contributed by atoms with van der Waals surface area (Å²) in [6.07, 6.45) is 0. The maximum atomic E-state index is 12.0. The van der Waals surface area contributed by atoms with Crippen molar-refractivity contribution in [1.29, 1.82) is 0 Å². The van der Waals surface area contributed by atoms with Crippen molar-refractivity contribution in [2.24, 2.45) is 0 Å². The zero-order valence-corrected chi connectivity index (χ0v) is 12.2. The van der Waals surface area contributed by atoms with Gasteiger partial charge in [-0.2, -0.15) is 0 Å². The molecule has 3 N–H and O–H groups in total. The van der Waals surface area contributed by atoms with Crippen LogP contribution < -0.4 is 14.8 Å². The monoisotopic (exact) mass is 302 g/mol. The predicted molar refractivity (Wildman–Crippen MR) is 73.3 cm³/mol. The molecule has 8 heteroatoms. The molecule has 0 bridgehead atoms. The van der Waals surface area contributed by atoms with E-state index in [1.807, 2.05) is 0 Å². The Bertz CT molecular complexity index is 571. The Kier molecular flexibility index (Phi) is 5.93. The van der Waals surface area contributed by atoms with E-state index >= 15 is 0 Å². The number of nitrogens with one attached hydrogen (secondary N) is 2. The van der Waals surface area contributed by atoms with Crippen LogP contribution in [0.2, 0.25) is 0 Å². The third kappa shape index (κ3) is 3.92. The van der Waals surface area contributed by atoms with Crippen molar-refractivity contribution in [2.45, 2.75) is 11.8 Å². The molecule has 7 nitrogen and oxygen atoms in total. The van der Waals surface area contributed by atoms with E-state index in [2.05, 4.69) is 10.0 Å². The van der Waals surface area contributed by atoms with Crippen LogP contribution in [0.4, 0.5) is 0 Å². The molecule has 112 valence electrons. The van der Waals surface area contributed by atoms with Gasteiger partial charge in [0.05, 0.1) is 13.7 Å². The lowest BCUT2D eigenvalue weighted by Crippen LogP contribution is -2.27. The molecule has 0 saturated carbocycles. The number of carbonyl (C=O) groups excluding carboxylic acids is 1. The number of ether oxygens (including phenoxy) is 1. The molecule has 1 rings (SSSR count). The van der Waals surface area contributed by atoms with Gasteiger partial charge in [0.2, 0.25) is 10.0 Å². The van der Waals surface area contributed by atoms with Crippen molar-refractivity contribution in [3.8, 4) is 5.75 Å². The lowest BCUT2D eigenvalue weighted by atomic mass is 10.2. The van der Waals surface area contributed by atoms with Gasteiger partial charge in [-0.3, -0.25) is 4.79 Å². The SMILES string of the molecule is CCNS(=O)(=O)c1cc(C(=O)NCCO)ccc1OC. The van der Waals surface area contributed by atoms with Crippen LogP contribution in [0.3, 0.4) is 0 Å². The largest absolute Gasteiger partial charge is 0.495 e. The summed E-state index contributed by atoms with van der Waals surface area (Å²) >= 11 is 0. The van der Waals surface area contributed by atoms with Gasteiger partial charge in [0.25, 0.3) is 5.91 Å². The van der Waals surface area contributed by atoms with E-state index in [1.54, 1.807) is 6.92 Å². The molecule has 0 saturated heterocycles. The third-order valence-electron chi connectivity index (χ3n) is 2.45. The van der Waals surface area contributed by atoms with E-state index in [-0.39, 0.29) is 35.9 Å². The minimum absolute atomic E-state index is 0.0974. The summed E-state index contributed by atoms with van der Waals surface area (Å²) in [6, 6.07) is 4.11. The van der Waals surface area contributed by atoms with Gasteiger partial charge in [0.1, 0.15) is 10.6 Å². The van der Waals surface area contributed by atoms with Gasteiger partial charge in [-0.1, -0.05) is 6.92 Å². The van der Waals surface area contributed by atoms with Crippen LogP contribution in [-0.2, 0) is 10.0 Å². The van der Waals surface area contributed by atoms with E-state index in [0.717, 1.165) is 0 Å². The van der Waals surface area contributed by atoms with Gasteiger partial charge in [0.15, 0.2) is 0 Å². The lowest BCUT2D eigenvalue weighted by Gasteiger charge is -2.11. The van der Waals surface area contributed by atoms with Crippen molar-refractivity contribution in [1.82, 2.24) is 10.0 Å². The van der Waals surface area contributed by atoms with Crippen LogP contribution >= 0.6 is 0 Å². The van der Waals surface area contributed by atoms with Gasteiger partial charge in [-0.05, 0) is 18.2 Å². The first kappa shape index (κ1) is 16.4. The highest BCUT2D eigenvalue weighted by atomic mass is 32.2. The highest BCUT2D eigenvalue weighted by Gasteiger charge is 2.20. The van der Waals surface area contributed by atoms with Crippen LogP contribution in [-0.4, -0.2) is 46.2 Å². The molecule has 1 aromatic rings. The Morgan fingerprint density at radius 3 is 2.65 bits per heavy atom. The Labute approximate surface area is 118 Å². The molecule has 0 aromatic heterocycles. The number of amides is 1. The second-order valence-corrected chi connectivity index (χ2v) is 5.58. The van der Waals surface area contributed by atoms with Crippen LogP contribution in [0, 0.1) is 0 Å². The smallest absolute Gasteiger partial charge is 0.251 e. The van der Waals surface area contributed by atoms with Crippen molar-refractivity contribution in [3.63, 3.8) is 0 Å². The zero-order valence-electron chi connectivity index (χ0n) is 11.3. The first-order chi connectivity index (χ1) is 9.46. The van der Waals surface area contributed by atoms with Gasteiger partial charge in [-0.25, -0.2) is 13.1 Å². The molecular weight excluding hydrogens is 284 g/mol. The number of hydrogen-bond donors (Lipinski definition) is 3. The van der Waals surface area contributed by atoms with Crippen LogP contribution in [0.5, 0.6) is 5.75 Å². The first-order valence-electron chi connectivity index (χ1n) is 6.03. The number of hydrogen-bond acceptors (Lipinski definition) is 5. The van der Waals surface area contributed by atoms with Gasteiger partial charge >= 0.3 is 0 Å². The van der Waals surface area contributed by atoms with E-state index in [1.165, 1.54) is 25.3 Å². The molecule has 1 amide bonds. The molecule has 0 unspecified atom stereocenters. The highest BCUT2D eigenvalue weighted by molar-refractivity contribution is 7.89. The maximum Gasteiger partial charge on any atom is 0.251 e. The number of sulfonamides is 1. The van der Waals surface area contributed by atoms with Crippen molar-refractivity contribution >= 4 is 15.9 Å². The van der Waals surface area contributed by atoms with Crippen LogP contribution in [0.1, 0.15) is 17.3 Å². The number of aliphatic hydroxyl groups is 1. The molecule has 0 aliphatic rings. The topological polar surface area (TPSA) is 105 Å². The minimum atomic E-state index is -3.73. The van der Waals surface area contributed by atoms with E-state index < -0.39 is 15.9 Å². The molecule has 0 spiro atoms. The quantitative estimate of drug-likeness (QED) is 0.642. The molecule has 0 heterocycles. The third-order valence-corrected chi connectivity index (χ3v) is 4.01. The summed E-state index contributed by atoms with van der Waals surface area (Å²) in [4.78, 5) is 11.7. The number of rotatable bonds is 7. The molecule has 0 atom stereocenters. The first-order valence-corrected chi connectivity index (χ1v) is 7.51. The summed E-state index contributed by atoms with van der Waals surface area (Å²) < 4.78 is 31.4. The Morgan fingerprint density at radius 2 is 2.10 bits per heavy atom. The maximum absolute atomic E-state index is 12.0. The second kappa shape index (κ2) is 7.22. The molecule has 0 aliphatic heterocycles. The van der Waals surface area contributed by atoms with Crippen LogP contribution in [0.15, 0.2) is 23.1 Å². The predicted octanol–water partition coefficient (Wildman–Crippen LogP) is -0.284. The van der Waals surface area contributed by atoms with Crippen molar-refractivity contribution in [3.05, 3.63) is 23.8 Å². The fourth-order valence-corrected chi connectivity index (χ4v) is 2.80. The summed E-state index contributed by atoms with van der Waals surface area (Å²) in [5.74, 6) is -0.306.